The second-order valence-electron chi connectivity index (χ2n) is 5.63. The van der Waals surface area contributed by atoms with E-state index in [0.29, 0.717) is 12.5 Å². The van der Waals surface area contributed by atoms with Gasteiger partial charge in [-0.15, -0.1) is 0 Å². The zero-order valence-corrected chi connectivity index (χ0v) is 13.6. The Morgan fingerprint density at radius 2 is 1.90 bits per heavy atom. The average Bonchev–Trinajstić information content (AvgIpc) is 2.80. The van der Waals surface area contributed by atoms with E-state index in [9.17, 15) is 5.11 Å². The van der Waals surface area contributed by atoms with Crippen molar-refractivity contribution in [2.75, 3.05) is 13.2 Å². The molecule has 0 saturated heterocycles. The number of ether oxygens (including phenoxy) is 1. The van der Waals surface area contributed by atoms with Crippen LogP contribution in [0.15, 0.2) is 0 Å². The molecule has 4 nitrogen and oxygen atoms in total. The van der Waals surface area contributed by atoms with Crippen LogP contribution in [0.3, 0.4) is 0 Å². The van der Waals surface area contributed by atoms with Crippen molar-refractivity contribution in [2.24, 2.45) is 5.92 Å². The van der Waals surface area contributed by atoms with E-state index in [4.69, 9.17) is 4.74 Å². The molecule has 1 aromatic rings. The van der Waals surface area contributed by atoms with Crippen LogP contribution in [-0.4, -0.2) is 28.1 Å². The summed E-state index contributed by atoms with van der Waals surface area (Å²) in [4.78, 5) is 0. The summed E-state index contributed by atoms with van der Waals surface area (Å²) >= 11 is 0. The molecule has 0 aliphatic rings. The van der Waals surface area contributed by atoms with Gasteiger partial charge in [0.05, 0.1) is 24.9 Å². The van der Waals surface area contributed by atoms with E-state index in [-0.39, 0.29) is 0 Å². The summed E-state index contributed by atoms with van der Waals surface area (Å²) in [6.45, 7) is 12.7. The van der Waals surface area contributed by atoms with Crippen molar-refractivity contribution >= 4 is 0 Å². The lowest BCUT2D eigenvalue weighted by atomic mass is 10.0. The van der Waals surface area contributed by atoms with Gasteiger partial charge in [0.1, 0.15) is 0 Å². The molecular formula is C16H30N2O2. The molecule has 116 valence electrons. The number of nitrogens with zero attached hydrogens (tertiary/aromatic N) is 2. The highest BCUT2D eigenvalue weighted by Crippen LogP contribution is 2.25. The van der Waals surface area contributed by atoms with Crippen LogP contribution in [0.2, 0.25) is 0 Å². The molecule has 0 saturated carbocycles. The molecule has 0 aliphatic carbocycles. The van der Waals surface area contributed by atoms with Crippen LogP contribution in [0, 0.1) is 5.92 Å². The minimum Gasteiger partial charge on any atom is -0.388 e. The number of hydrogen-bond donors (Lipinski definition) is 1. The van der Waals surface area contributed by atoms with Crippen LogP contribution < -0.4 is 0 Å². The van der Waals surface area contributed by atoms with Gasteiger partial charge in [-0.3, -0.25) is 4.68 Å². The lowest BCUT2D eigenvalue weighted by Crippen LogP contribution is -2.13. The van der Waals surface area contributed by atoms with Crippen LogP contribution >= 0.6 is 0 Å². The largest absolute Gasteiger partial charge is 0.388 e. The molecule has 1 aromatic heterocycles. The van der Waals surface area contributed by atoms with Gasteiger partial charge in [-0.25, -0.2) is 0 Å². The van der Waals surface area contributed by atoms with Crippen molar-refractivity contribution in [3.8, 4) is 0 Å². The Bertz CT molecular complexity index is 399. The van der Waals surface area contributed by atoms with Gasteiger partial charge >= 0.3 is 0 Å². The zero-order chi connectivity index (χ0) is 15.1. The summed E-state index contributed by atoms with van der Waals surface area (Å²) in [6.07, 6.45) is 2.09. The van der Waals surface area contributed by atoms with E-state index in [0.717, 1.165) is 49.4 Å². The molecule has 0 aromatic carbocycles. The van der Waals surface area contributed by atoms with Gasteiger partial charge in [0.15, 0.2) is 0 Å². The van der Waals surface area contributed by atoms with Crippen LogP contribution in [0.1, 0.15) is 64.1 Å². The fraction of sp³-hybridized carbons (Fsp3) is 0.812. The molecule has 1 rings (SSSR count). The van der Waals surface area contributed by atoms with Crippen molar-refractivity contribution in [3.05, 3.63) is 17.0 Å². The Morgan fingerprint density at radius 1 is 1.20 bits per heavy atom. The Morgan fingerprint density at radius 3 is 2.40 bits per heavy atom. The Kier molecular flexibility index (Phi) is 7.24. The molecule has 0 bridgehead atoms. The summed E-state index contributed by atoms with van der Waals surface area (Å²) in [7, 11) is 0. The third kappa shape index (κ3) is 4.32. The molecule has 0 fully saturated rings. The standard InChI is InChI=1S/C16H30N2O2/c1-6-13-16(15(19)8-3)14(7-2)18(17-13)9-10-20-11-12(4)5/h12,15,19H,6-11H2,1-5H3. The van der Waals surface area contributed by atoms with Crippen LogP contribution in [0.4, 0.5) is 0 Å². The first-order valence-electron chi connectivity index (χ1n) is 7.89. The van der Waals surface area contributed by atoms with Gasteiger partial charge in [-0.05, 0) is 25.2 Å². The highest BCUT2D eigenvalue weighted by atomic mass is 16.5. The molecule has 1 N–H and O–H groups in total. The first-order chi connectivity index (χ1) is 9.54. The monoisotopic (exact) mass is 282 g/mol. The average molecular weight is 282 g/mol. The first-order valence-corrected chi connectivity index (χ1v) is 7.89. The zero-order valence-electron chi connectivity index (χ0n) is 13.6. The Balaban J connectivity index is 2.82. The van der Waals surface area contributed by atoms with E-state index in [1.165, 1.54) is 0 Å². The molecule has 4 heteroatoms. The summed E-state index contributed by atoms with van der Waals surface area (Å²) in [6, 6.07) is 0. The molecule has 1 unspecified atom stereocenters. The molecular weight excluding hydrogens is 252 g/mol. The van der Waals surface area contributed by atoms with Crippen molar-refractivity contribution in [2.45, 2.75) is 66.5 Å². The number of hydrogen-bond acceptors (Lipinski definition) is 3. The maximum absolute atomic E-state index is 10.2. The summed E-state index contributed by atoms with van der Waals surface area (Å²) in [5, 5.41) is 14.9. The molecule has 1 heterocycles. The fourth-order valence-corrected chi connectivity index (χ4v) is 2.44. The van der Waals surface area contributed by atoms with Gasteiger partial charge in [-0.2, -0.15) is 5.10 Å². The van der Waals surface area contributed by atoms with Gasteiger partial charge < -0.3 is 9.84 Å². The third-order valence-electron chi connectivity index (χ3n) is 3.46. The van der Waals surface area contributed by atoms with Crippen LogP contribution in [0.25, 0.3) is 0 Å². The van der Waals surface area contributed by atoms with E-state index in [2.05, 4.69) is 32.8 Å². The summed E-state index contributed by atoms with van der Waals surface area (Å²) < 4.78 is 7.67. The molecule has 0 spiro atoms. The minimum atomic E-state index is -0.398. The topological polar surface area (TPSA) is 47.3 Å². The first kappa shape index (κ1) is 17.2. The molecule has 20 heavy (non-hydrogen) atoms. The molecule has 0 aliphatic heterocycles. The number of aliphatic hydroxyl groups is 1. The Labute approximate surface area is 123 Å². The van der Waals surface area contributed by atoms with Crippen LogP contribution in [0.5, 0.6) is 0 Å². The second-order valence-corrected chi connectivity index (χ2v) is 5.63. The number of rotatable bonds is 9. The Hall–Kier alpha value is -0.870. The smallest absolute Gasteiger partial charge is 0.0823 e. The number of aryl methyl sites for hydroxylation is 1. The molecule has 1 atom stereocenters. The SMILES string of the molecule is CCc1nn(CCOCC(C)C)c(CC)c1C(O)CC. The summed E-state index contributed by atoms with van der Waals surface area (Å²) in [5.41, 5.74) is 3.23. The van der Waals surface area contributed by atoms with Crippen molar-refractivity contribution in [1.29, 1.82) is 0 Å². The third-order valence-corrected chi connectivity index (χ3v) is 3.46. The second kappa shape index (κ2) is 8.42. The predicted molar refractivity (Wildman–Crippen MR) is 81.9 cm³/mol. The van der Waals surface area contributed by atoms with Gasteiger partial charge in [0.2, 0.25) is 0 Å². The number of aromatic nitrogens is 2. The lowest BCUT2D eigenvalue weighted by Gasteiger charge is -2.12. The number of aliphatic hydroxyl groups excluding tert-OH is 1. The van der Waals surface area contributed by atoms with Gasteiger partial charge in [-0.1, -0.05) is 34.6 Å². The normalized spacial score (nSPS) is 13.2. The van der Waals surface area contributed by atoms with Gasteiger partial charge in [0.25, 0.3) is 0 Å². The van der Waals surface area contributed by atoms with Gasteiger partial charge in [0, 0.05) is 17.9 Å². The predicted octanol–water partition coefficient (Wildman–Crippen LogP) is 3.12. The lowest BCUT2D eigenvalue weighted by molar-refractivity contribution is 0.100. The van der Waals surface area contributed by atoms with Crippen molar-refractivity contribution in [1.82, 2.24) is 9.78 Å². The maximum atomic E-state index is 10.2. The molecule has 0 radical (unpaired) electrons. The summed E-state index contributed by atoms with van der Waals surface area (Å²) in [5.74, 6) is 0.557. The highest BCUT2D eigenvalue weighted by molar-refractivity contribution is 5.29. The fourth-order valence-electron chi connectivity index (χ4n) is 2.44. The van der Waals surface area contributed by atoms with Crippen molar-refractivity contribution < 1.29 is 9.84 Å². The van der Waals surface area contributed by atoms with E-state index in [1.54, 1.807) is 0 Å². The minimum absolute atomic E-state index is 0.398. The van der Waals surface area contributed by atoms with E-state index >= 15 is 0 Å². The maximum Gasteiger partial charge on any atom is 0.0823 e. The van der Waals surface area contributed by atoms with E-state index in [1.807, 2.05) is 11.6 Å². The van der Waals surface area contributed by atoms with Crippen molar-refractivity contribution in [3.63, 3.8) is 0 Å². The highest BCUT2D eigenvalue weighted by Gasteiger charge is 2.20. The molecule has 0 amide bonds. The van der Waals surface area contributed by atoms with E-state index < -0.39 is 6.10 Å². The quantitative estimate of drug-likeness (QED) is 0.708. The van der Waals surface area contributed by atoms with Crippen LogP contribution in [-0.2, 0) is 24.1 Å².